The lowest BCUT2D eigenvalue weighted by atomic mass is 9.99. The Hall–Kier alpha value is -2.89. The summed E-state index contributed by atoms with van der Waals surface area (Å²) in [4.78, 5) is 12.7. The lowest BCUT2D eigenvalue weighted by Crippen LogP contribution is -2.59. The van der Waals surface area contributed by atoms with Crippen molar-refractivity contribution in [3.63, 3.8) is 0 Å². The number of aliphatic hydroxyl groups is 4. The average molecular weight is 813 g/mol. The molecule has 1 saturated heterocycles. The summed E-state index contributed by atoms with van der Waals surface area (Å²) in [6, 6.07) is 0. The topological polar surface area (TPSA) is 135 Å². The first-order valence-electron chi connectivity index (χ1n) is 22.3. The van der Waals surface area contributed by atoms with E-state index in [1.54, 1.807) is 0 Å². The van der Waals surface area contributed by atoms with Crippen molar-refractivity contribution in [1.82, 2.24) is 0 Å². The molecule has 58 heavy (non-hydrogen) atoms. The van der Waals surface area contributed by atoms with Crippen LogP contribution in [0.25, 0.3) is 0 Å². The predicted octanol–water partition coefficient (Wildman–Crippen LogP) is 10.0. The van der Waals surface area contributed by atoms with E-state index < -0.39 is 43.4 Å². The van der Waals surface area contributed by atoms with Crippen molar-refractivity contribution in [2.45, 2.75) is 179 Å². The Kier molecular flexibility index (Phi) is 36.2. The van der Waals surface area contributed by atoms with Crippen LogP contribution in [0.1, 0.15) is 142 Å². The third-order valence-corrected chi connectivity index (χ3v) is 9.47. The van der Waals surface area contributed by atoms with E-state index in [4.69, 9.17) is 18.9 Å². The minimum atomic E-state index is -1.55. The van der Waals surface area contributed by atoms with E-state index in [1.807, 2.05) is 0 Å². The molecule has 9 nitrogen and oxygen atoms in total. The van der Waals surface area contributed by atoms with E-state index in [1.165, 1.54) is 6.42 Å². The average Bonchev–Trinajstić information content (AvgIpc) is 3.22. The van der Waals surface area contributed by atoms with Gasteiger partial charge in [-0.05, 0) is 89.9 Å². The Morgan fingerprint density at radius 1 is 0.569 bits per heavy atom. The van der Waals surface area contributed by atoms with Gasteiger partial charge in [0.2, 0.25) is 0 Å². The standard InChI is InChI=1S/C49H80O9/c1-3-5-7-9-11-13-15-17-18-19-20-21-22-23-24-25-27-29-31-33-35-37-39-55-41-43(42-56-49-48(54)47(53)46(52)44(40-50)58-49)57-45(51)38-36-34-32-30-28-26-16-14-12-10-8-6-4-2/h5,7-8,10-11,13-14,16-18,20-21,23-24,27,29,43-44,46-50,52-54H,3-4,6,9,12,15,19,22,25-26,28,30-42H2,1-2H3/b7-5-,10-8-,13-11-,16-14-,18-17-,21-20-,24-23-,29-27-. The molecule has 0 bridgehead atoms. The van der Waals surface area contributed by atoms with Crippen LogP contribution in [0.15, 0.2) is 97.2 Å². The molecule has 1 heterocycles. The van der Waals surface area contributed by atoms with Crippen molar-refractivity contribution in [2.75, 3.05) is 26.4 Å². The number of hydrogen-bond donors (Lipinski definition) is 4. The maximum absolute atomic E-state index is 12.7. The van der Waals surface area contributed by atoms with Crippen molar-refractivity contribution in [3.8, 4) is 0 Å². The number of allylic oxidation sites excluding steroid dienone is 16. The highest BCUT2D eigenvalue weighted by molar-refractivity contribution is 5.69. The highest BCUT2D eigenvalue weighted by Crippen LogP contribution is 2.22. The normalized spacial score (nSPS) is 21.2. The second-order valence-electron chi connectivity index (χ2n) is 14.8. The second kappa shape index (κ2) is 39.6. The van der Waals surface area contributed by atoms with Gasteiger partial charge in [0, 0.05) is 13.0 Å². The molecule has 6 unspecified atom stereocenters. The largest absolute Gasteiger partial charge is 0.457 e. The summed E-state index contributed by atoms with van der Waals surface area (Å²) >= 11 is 0. The smallest absolute Gasteiger partial charge is 0.306 e. The monoisotopic (exact) mass is 813 g/mol. The molecule has 9 heteroatoms. The van der Waals surface area contributed by atoms with Crippen molar-refractivity contribution in [1.29, 1.82) is 0 Å². The molecule has 0 amide bonds. The zero-order valence-corrected chi connectivity index (χ0v) is 36.0. The van der Waals surface area contributed by atoms with Crippen molar-refractivity contribution < 1.29 is 44.2 Å². The summed E-state index contributed by atoms with van der Waals surface area (Å²) in [5.41, 5.74) is 0. The number of carbonyl (C=O) groups is 1. The zero-order valence-electron chi connectivity index (χ0n) is 36.0. The lowest BCUT2D eigenvalue weighted by molar-refractivity contribution is -0.305. The van der Waals surface area contributed by atoms with Crippen molar-refractivity contribution in [3.05, 3.63) is 97.2 Å². The second-order valence-corrected chi connectivity index (χ2v) is 14.8. The first-order valence-corrected chi connectivity index (χ1v) is 22.3. The van der Waals surface area contributed by atoms with Gasteiger partial charge < -0.3 is 39.4 Å². The molecule has 0 aromatic heterocycles. The first kappa shape index (κ1) is 53.1. The van der Waals surface area contributed by atoms with Crippen LogP contribution in [0.4, 0.5) is 0 Å². The summed E-state index contributed by atoms with van der Waals surface area (Å²) in [6.45, 7) is 4.25. The zero-order chi connectivity index (χ0) is 42.2. The number of carbonyl (C=O) groups excluding carboxylic acids is 1. The molecule has 1 aliphatic rings. The lowest BCUT2D eigenvalue weighted by Gasteiger charge is -2.39. The molecule has 1 fully saturated rings. The maximum Gasteiger partial charge on any atom is 0.306 e. The third kappa shape index (κ3) is 30.2. The van der Waals surface area contributed by atoms with Crippen LogP contribution >= 0.6 is 0 Å². The summed E-state index contributed by atoms with van der Waals surface area (Å²) in [5, 5.41) is 40.1. The van der Waals surface area contributed by atoms with E-state index in [0.29, 0.717) is 6.61 Å². The highest BCUT2D eigenvalue weighted by atomic mass is 16.7. The van der Waals surface area contributed by atoms with E-state index in [0.717, 1.165) is 116 Å². The molecule has 0 aliphatic carbocycles. The van der Waals surface area contributed by atoms with Gasteiger partial charge in [-0.25, -0.2) is 0 Å². The van der Waals surface area contributed by atoms with Gasteiger partial charge in [0.25, 0.3) is 0 Å². The van der Waals surface area contributed by atoms with Crippen LogP contribution in [0.2, 0.25) is 0 Å². The number of unbranched alkanes of at least 4 members (excludes halogenated alkanes) is 9. The minimum absolute atomic E-state index is 0.109. The fourth-order valence-corrected chi connectivity index (χ4v) is 6.00. The molecular formula is C49H80O9. The summed E-state index contributed by atoms with van der Waals surface area (Å²) < 4.78 is 22.7. The highest BCUT2D eigenvalue weighted by Gasteiger charge is 2.44. The summed E-state index contributed by atoms with van der Waals surface area (Å²) in [5.74, 6) is -0.346. The minimum Gasteiger partial charge on any atom is -0.457 e. The van der Waals surface area contributed by atoms with Gasteiger partial charge in [-0.15, -0.1) is 0 Å². The molecule has 0 aromatic carbocycles. The van der Waals surface area contributed by atoms with Gasteiger partial charge in [0.05, 0.1) is 19.8 Å². The maximum atomic E-state index is 12.7. The van der Waals surface area contributed by atoms with Gasteiger partial charge in [0.1, 0.15) is 30.5 Å². The van der Waals surface area contributed by atoms with Gasteiger partial charge in [-0.1, -0.05) is 143 Å². The molecule has 0 radical (unpaired) electrons. The SMILES string of the molecule is CC/C=C\C/C=C\C/C=C\C/C=C\C/C=C\C/C=C\CCCCCOCC(COC1OC(CO)C(O)C(O)C1O)OC(=O)CCCCCCC/C=C\C/C=C\CCC. The molecule has 330 valence electrons. The summed E-state index contributed by atoms with van der Waals surface area (Å²) in [6.07, 6.45) is 47.2. The molecule has 1 aliphatic heterocycles. The van der Waals surface area contributed by atoms with Crippen LogP contribution in [0.3, 0.4) is 0 Å². The fraction of sp³-hybridized carbons (Fsp3) is 0.653. The van der Waals surface area contributed by atoms with Gasteiger partial charge in [0.15, 0.2) is 6.29 Å². The van der Waals surface area contributed by atoms with Crippen LogP contribution in [-0.4, -0.2) is 89.6 Å². The molecule has 4 N–H and O–H groups in total. The Morgan fingerprint density at radius 3 is 1.59 bits per heavy atom. The van der Waals surface area contributed by atoms with Gasteiger partial charge in [-0.2, -0.15) is 0 Å². The molecule has 6 atom stereocenters. The van der Waals surface area contributed by atoms with Crippen molar-refractivity contribution >= 4 is 5.97 Å². The van der Waals surface area contributed by atoms with E-state index >= 15 is 0 Å². The van der Waals surface area contributed by atoms with E-state index in [-0.39, 0.29) is 25.6 Å². The Balaban J connectivity index is 2.31. The predicted molar refractivity (Wildman–Crippen MR) is 237 cm³/mol. The Labute approximate surface area is 352 Å². The van der Waals surface area contributed by atoms with Crippen LogP contribution in [0, 0.1) is 0 Å². The van der Waals surface area contributed by atoms with Crippen LogP contribution in [-0.2, 0) is 23.7 Å². The fourth-order valence-electron chi connectivity index (χ4n) is 6.00. The van der Waals surface area contributed by atoms with E-state index in [2.05, 4.69) is 111 Å². The molecule has 0 saturated carbocycles. The molecule has 0 spiro atoms. The van der Waals surface area contributed by atoms with E-state index in [9.17, 15) is 25.2 Å². The first-order chi connectivity index (χ1) is 28.4. The number of hydrogen-bond acceptors (Lipinski definition) is 9. The molecule has 1 rings (SSSR count). The van der Waals surface area contributed by atoms with Crippen LogP contribution < -0.4 is 0 Å². The third-order valence-electron chi connectivity index (χ3n) is 9.47. The number of aliphatic hydroxyl groups excluding tert-OH is 4. The number of ether oxygens (including phenoxy) is 4. The number of rotatable bonds is 36. The number of esters is 1. The molecule has 0 aromatic rings. The summed E-state index contributed by atoms with van der Waals surface area (Å²) in [7, 11) is 0. The van der Waals surface area contributed by atoms with Gasteiger partial charge in [-0.3, -0.25) is 4.79 Å². The quantitative estimate of drug-likeness (QED) is 0.0277. The Morgan fingerprint density at radius 2 is 1.05 bits per heavy atom. The Bertz CT molecular complexity index is 1200. The molecular weight excluding hydrogens is 733 g/mol. The van der Waals surface area contributed by atoms with Gasteiger partial charge >= 0.3 is 5.97 Å². The van der Waals surface area contributed by atoms with Crippen molar-refractivity contribution in [2.24, 2.45) is 0 Å². The van der Waals surface area contributed by atoms with Crippen LogP contribution in [0.5, 0.6) is 0 Å².